The molecule has 1 aromatic rings. The van der Waals surface area contributed by atoms with Crippen LogP contribution in [0.2, 0.25) is 0 Å². The monoisotopic (exact) mass is 328 g/mol. The fourth-order valence-corrected chi connectivity index (χ4v) is 3.40. The molecule has 3 nitrogen and oxygen atoms in total. The van der Waals surface area contributed by atoms with Gasteiger partial charge in [-0.2, -0.15) is 0 Å². The van der Waals surface area contributed by atoms with E-state index in [-0.39, 0.29) is 0 Å². The molecule has 0 N–H and O–H groups in total. The normalized spacial score (nSPS) is 23.0. The van der Waals surface area contributed by atoms with Crippen LogP contribution in [0, 0.1) is 11.8 Å². The van der Waals surface area contributed by atoms with Gasteiger partial charge < -0.3 is 9.74 Å². The number of hydrogen-bond donors (Lipinski definition) is 0. The molecule has 2 rings (SSSR count). The summed E-state index contributed by atoms with van der Waals surface area (Å²) in [6.07, 6.45) is 6.97. The standard InChI is InChI=1S/C21H32N2O/c1-5-19-12-9-13-20(14-18-10-7-6-8-11-18)21(19)22-24-16-17(2)15-23(3)4/h6-8,10-11,14,17,19H,5,9,12-13,15-16H2,1-4H3/b20-14+,22-21+. The molecule has 0 saturated heterocycles. The zero-order valence-electron chi connectivity index (χ0n) is 15.7. The van der Waals surface area contributed by atoms with Crippen LogP contribution < -0.4 is 0 Å². The van der Waals surface area contributed by atoms with Gasteiger partial charge in [0.25, 0.3) is 0 Å². The van der Waals surface area contributed by atoms with Crippen molar-refractivity contribution >= 4 is 11.8 Å². The first kappa shape index (κ1) is 18.7. The summed E-state index contributed by atoms with van der Waals surface area (Å²) in [7, 11) is 4.19. The third-order valence-corrected chi connectivity index (χ3v) is 4.55. The first-order chi connectivity index (χ1) is 11.6. The van der Waals surface area contributed by atoms with Crippen LogP contribution in [-0.2, 0) is 4.84 Å². The minimum absolute atomic E-state index is 0.481. The molecule has 1 aromatic carbocycles. The van der Waals surface area contributed by atoms with Crippen LogP contribution in [-0.4, -0.2) is 37.9 Å². The first-order valence-electron chi connectivity index (χ1n) is 9.20. The second kappa shape index (κ2) is 9.63. The lowest BCUT2D eigenvalue weighted by atomic mass is 9.81. The summed E-state index contributed by atoms with van der Waals surface area (Å²) in [5.41, 5.74) is 3.77. The van der Waals surface area contributed by atoms with Crippen molar-refractivity contribution in [2.45, 2.75) is 39.5 Å². The van der Waals surface area contributed by atoms with Gasteiger partial charge in [0.2, 0.25) is 0 Å². The van der Waals surface area contributed by atoms with Crippen molar-refractivity contribution in [3.8, 4) is 0 Å². The summed E-state index contributed by atoms with van der Waals surface area (Å²) in [6.45, 7) is 6.16. The second-order valence-electron chi connectivity index (χ2n) is 7.22. The Bertz CT molecular complexity index is 548. The van der Waals surface area contributed by atoms with Crippen LogP contribution in [0.5, 0.6) is 0 Å². The number of allylic oxidation sites excluding steroid dienone is 1. The smallest absolute Gasteiger partial charge is 0.120 e. The average Bonchev–Trinajstić information content (AvgIpc) is 2.56. The van der Waals surface area contributed by atoms with Crippen molar-refractivity contribution < 1.29 is 4.84 Å². The maximum Gasteiger partial charge on any atom is 0.120 e. The molecule has 2 unspecified atom stereocenters. The van der Waals surface area contributed by atoms with Gasteiger partial charge in [0.05, 0.1) is 5.71 Å². The van der Waals surface area contributed by atoms with Crippen LogP contribution in [0.15, 0.2) is 41.1 Å². The van der Waals surface area contributed by atoms with E-state index in [1.165, 1.54) is 29.7 Å². The van der Waals surface area contributed by atoms with E-state index < -0.39 is 0 Å². The van der Waals surface area contributed by atoms with E-state index in [0.29, 0.717) is 18.4 Å². The Morgan fingerprint density at radius 2 is 2.04 bits per heavy atom. The molecular formula is C21H32N2O. The third-order valence-electron chi connectivity index (χ3n) is 4.55. The predicted octanol–water partition coefficient (Wildman–Crippen LogP) is 4.85. The van der Waals surface area contributed by atoms with Crippen molar-refractivity contribution in [1.82, 2.24) is 4.90 Å². The Labute approximate surface area is 147 Å². The molecule has 1 aliphatic carbocycles. The van der Waals surface area contributed by atoms with Crippen molar-refractivity contribution in [2.75, 3.05) is 27.2 Å². The Hall–Kier alpha value is -1.61. The summed E-state index contributed by atoms with van der Waals surface area (Å²) >= 11 is 0. The molecule has 0 spiro atoms. The van der Waals surface area contributed by atoms with E-state index in [2.05, 4.69) is 74.4 Å². The van der Waals surface area contributed by atoms with Gasteiger partial charge in [-0.3, -0.25) is 0 Å². The van der Waals surface area contributed by atoms with Gasteiger partial charge >= 0.3 is 0 Å². The molecule has 0 heterocycles. The Morgan fingerprint density at radius 3 is 2.71 bits per heavy atom. The van der Waals surface area contributed by atoms with E-state index in [9.17, 15) is 0 Å². The molecule has 132 valence electrons. The van der Waals surface area contributed by atoms with Crippen molar-refractivity contribution in [2.24, 2.45) is 17.0 Å². The van der Waals surface area contributed by atoms with E-state index in [0.717, 1.165) is 19.4 Å². The SMILES string of the molecule is CCC1CCCC(=C\c2ccccc2)/C1=N/OCC(C)CN(C)C. The molecule has 0 amide bonds. The number of rotatable bonds is 7. The summed E-state index contributed by atoms with van der Waals surface area (Å²) in [5, 5.41) is 4.59. The van der Waals surface area contributed by atoms with Gasteiger partial charge in [0.1, 0.15) is 6.61 Å². The van der Waals surface area contributed by atoms with Crippen LogP contribution in [0.25, 0.3) is 6.08 Å². The largest absolute Gasteiger partial charge is 0.395 e. The van der Waals surface area contributed by atoms with E-state index >= 15 is 0 Å². The van der Waals surface area contributed by atoms with Gasteiger partial charge in [-0.25, -0.2) is 0 Å². The quantitative estimate of drug-likeness (QED) is 0.668. The third kappa shape index (κ3) is 5.79. The van der Waals surface area contributed by atoms with Crippen LogP contribution in [0.3, 0.4) is 0 Å². The lowest BCUT2D eigenvalue weighted by Crippen LogP contribution is -2.24. The van der Waals surface area contributed by atoms with Crippen LogP contribution >= 0.6 is 0 Å². The van der Waals surface area contributed by atoms with E-state index in [1.54, 1.807) is 0 Å². The minimum atomic E-state index is 0.481. The van der Waals surface area contributed by atoms with E-state index in [4.69, 9.17) is 4.84 Å². The van der Waals surface area contributed by atoms with Crippen molar-refractivity contribution in [3.63, 3.8) is 0 Å². The lowest BCUT2D eigenvalue weighted by Gasteiger charge is -2.25. The van der Waals surface area contributed by atoms with E-state index in [1.807, 2.05) is 0 Å². The summed E-state index contributed by atoms with van der Waals surface area (Å²) in [6, 6.07) is 10.5. The lowest BCUT2D eigenvalue weighted by molar-refractivity contribution is 0.100. The maximum absolute atomic E-state index is 5.76. The minimum Gasteiger partial charge on any atom is -0.395 e. The Morgan fingerprint density at radius 1 is 1.29 bits per heavy atom. The molecule has 3 heteroatoms. The highest BCUT2D eigenvalue weighted by Crippen LogP contribution is 2.30. The van der Waals surface area contributed by atoms with Crippen LogP contribution in [0.1, 0.15) is 45.1 Å². The second-order valence-corrected chi connectivity index (χ2v) is 7.22. The highest BCUT2D eigenvalue weighted by atomic mass is 16.6. The maximum atomic E-state index is 5.76. The van der Waals surface area contributed by atoms with Crippen molar-refractivity contribution in [1.29, 1.82) is 0 Å². The molecule has 24 heavy (non-hydrogen) atoms. The Kier molecular flexibility index (Phi) is 7.51. The molecule has 0 bridgehead atoms. The number of benzene rings is 1. The average molecular weight is 329 g/mol. The molecule has 2 atom stereocenters. The summed E-state index contributed by atoms with van der Waals surface area (Å²) in [5.74, 6) is 1.01. The molecule has 0 radical (unpaired) electrons. The fourth-order valence-electron chi connectivity index (χ4n) is 3.40. The predicted molar refractivity (Wildman–Crippen MR) is 103 cm³/mol. The highest BCUT2D eigenvalue weighted by molar-refractivity contribution is 6.05. The van der Waals surface area contributed by atoms with Gasteiger partial charge in [-0.05, 0) is 57.0 Å². The zero-order valence-corrected chi connectivity index (χ0v) is 15.7. The van der Waals surface area contributed by atoms with Gasteiger partial charge in [-0.1, -0.05) is 49.3 Å². The molecule has 0 aliphatic heterocycles. The first-order valence-corrected chi connectivity index (χ1v) is 9.20. The number of hydrogen-bond acceptors (Lipinski definition) is 3. The molecule has 0 aromatic heterocycles. The topological polar surface area (TPSA) is 24.8 Å². The number of nitrogens with zero attached hydrogens (tertiary/aromatic N) is 2. The fraction of sp³-hybridized carbons (Fsp3) is 0.571. The molecule has 1 aliphatic rings. The molecule has 1 fully saturated rings. The highest BCUT2D eigenvalue weighted by Gasteiger charge is 2.24. The van der Waals surface area contributed by atoms with Crippen molar-refractivity contribution in [3.05, 3.63) is 41.5 Å². The van der Waals surface area contributed by atoms with Gasteiger partial charge in [0.15, 0.2) is 0 Å². The van der Waals surface area contributed by atoms with Gasteiger partial charge in [0, 0.05) is 18.4 Å². The molecular weight excluding hydrogens is 296 g/mol. The number of oxime groups is 1. The van der Waals surface area contributed by atoms with Crippen LogP contribution in [0.4, 0.5) is 0 Å². The molecule has 1 saturated carbocycles. The summed E-state index contributed by atoms with van der Waals surface area (Å²) in [4.78, 5) is 7.95. The summed E-state index contributed by atoms with van der Waals surface area (Å²) < 4.78 is 0. The zero-order chi connectivity index (χ0) is 17.4. The van der Waals surface area contributed by atoms with Gasteiger partial charge in [-0.15, -0.1) is 0 Å². The Balaban J connectivity index is 2.10.